The second kappa shape index (κ2) is 7.92. The van der Waals surface area contributed by atoms with E-state index in [0.29, 0.717) is 23.1 Å². The smallest absolute Gasteiger partial charge is 0.269 e. The molecule has 0 aliphatic heterocycles. The number of fused-ring (bicyclic) bond motifs is 1. The Bertz CT molecular complexity index is 1200. The van der Waals surface area contributed by atoms with Crippen molar-refractivity contribution in [1.29, 1.82) is 0 Å². The van der Waals surface area contributed by atoms with Crippen molar-refractivity contribution < 1.29 is 9.53 Å². The van der Waals surface area contributed by atoms with Crippen molar-refractivity contribution >= 4 is 44.5 Å². The van der Waals surface area contributed by atoms with E-state index in [1.165, 1.54) is 6.20 Å². The van der Waals surface area contributed by atoms with Gasteiger partial charge in [0, 0.05) is 35.5 Å². The molecule has 4 aromatic rings. The van der Waals surface area contributed by atoms with Gasteiger partial charge in [-0.05, 0) is 48.9 Å². The largest absolute Gasteiger partial charge is 0.457 e. The summed E-state index contributed by atoms with van der Waals surface area (Å²) in [5.74, 6) is 1.53. The number of hydrogen-bond acceptors (Lipinski definition) is 5. The van der Waals surface area contributed by atoms with Gasteiger partial charge in [0.2, 0.25) is 5.95 Å². The van der Waals surface area contributed by atoms with Crippen LogP contribution in [0.15, 0.2) is 59.2 Å². The summed E-state index contributed by atoms with van der Waals surface area (Å²) in [6, 6.07) is 14.9. The summed E-state index contributed by atoms with van der Waals surface area (Å²) in [7, 11) is 1.56. The molecule has 0 saturated heterocycles. The number of carbonyl (C=O) groups excluding carboxylic acids is 1. The fourth-order valence-electron chi connectivity index (χ4n) is 2.83. The minimum atomic E-state index is -0.265. The van der Waals surface area contributed by atoms with Gasteiger partial charge in [-0.3, -0.25) is 9.78 Å². The molecule has 0 fully saturated rings. The quantitative estimate of drug-likeness (QED) is 0.400. The Kier molecular flexibility index (Phi) is 5.18. The predicted molar refractivity (Wildman–Crippen MR) is 116 cm³/mol. The maximum atomic E-state index is 11.7. The molecule has 2 aromatic carbocycles. The van der Waals surface area contributed by atoms with E-state index in [2.05, 4.69) is 41.5 Å². The molecule has 0 radical (unpaired) electrons. The Morgan fingerprint density at radius 1 is 1.10 bits per heavy atom. The van der Waals surface area contributed by atoms with Gasteiger partial charge in [0.1, 0.15) is 17.2 Å². The first-order valence-electron chi connectivity index (χ1n) is 8.91. The molecule has 0 aliphatic rings. The molecule has 2 aromatic heterocycles. The number of carbonyl (C=O) groups is 1. The lowest BCUT2D eigenvalue weighted by molar-refractivity contribution is 0.0958. The monoisotopic (exact) mass is 451 g/mol. The van der Waals surface area contributed by atoms with Gasteiger partial charge in [0.25, 0.3) is 5.91 Å². The van der Waals surface area contributed by atoms with E-state index in [4.69, 9.17) is 4.74 Å². The number of anilines is 2. The predicted octanol–water partition coefficient (Wildman–Crippen LogP) is 4.92. The highest BCUT2D eigenvalue weighted by Crippen LogP contribution is 2.27. The van der Waals surface area contributed by atoms with E-state index in [-0.39, 0.29) is 5.91 Å². The van der Waals surface area contributed by atoms with Crippen LogP contribution in [0.5, 0.6) is 11.5 Å². The van der Waals surface area contributed by atoms with Crippen LogP contribution in [0.3, 0.4) is 0 Å². The van der Waals surface area contributed by atoms with E-state index in [1.54, 1.807) is 19.2 Å². The van der Waals surface area contributed by atoms with Gasteiger partial charge in [-0.1, -0.05) is 15.9 Å². The Balaban J connectivity index is 1.55. The fourth-order valence-corrected chi connectivity index (χ4v) is 3.08. The van der Waals surface area contributed by atoms with E-state index in [0.717, 1.165) is 26.8 Å². The molecule has 2 heterocycles. The van der Waals surface area contributed by atoms with Crippen LogP contribution in [0.25, 0.3) is 11.0 Å². The van der Waals surface area contributed by atoms with E-state index in [9.17, 15) is 4.79 Å². The number of imidazole rings is 1. The normalized spacial score (nSPS) is 10.7. The van der Waals surface area contributed by atoms with Crippen LogP contribution in [-0.2, 0) is 0 Å². The van der Waals surface area contributed by atoms with Crippen LogP contribution in [0.2, 0.25) is 0 Å². The van der Waals surface area contributed by atoms with Crippen molar-refractivity contribution in [3.8, 4) is 11.5 Å². The SMILES string of the molecule is CNC(=O)c1cc(Oc2ccc3nc(Nc4ccc(Br)c(C)c4)[nH]c3c2)ccn1. The topological polar surface area (TPSA) is 91.9 Å². The summed E-state index contributed by atoms with van der Waals surface area (Å²) in [6.45, 7) is 2.03. The number of amides is 1. The number of rotatable bonds is 5. The molecule has 0 atom stereocenters. The lowest BCUT2D eigenvalue weighted by Gasteiger charge is -2.06. The molecule has 29 heavy (non-hydrogen) atoms. The van der Waals surface area contributed by atoms with Crippen LogP contribution < -0.4 is 15.4 Å². The second-order valence-electron chi connectivity index (χ2n) is 6.41. The molecule has 0 aliphatic carbocycles. The van der Waals surface area contributed by atoms with E-state index >= 15 is 0 Å². The summed E-state index contributed by atoms with van der Waals surface area (Å²) in [6.07, 6.45) is 1.54. The van der Waals surface area contributed by atoms with Crippen molar-refractivity contribution in [3.63, 3.8) is 0 Å². The number of hydrogen-bond donors (Lipinski definition) is 3. The molecule has 7 nitrogen and oxygen atoms in total. The number of nitrogens with one attached hydrogen (secondary N) is 3. The third-order valence-electron chi connectivity index (χ3n) is 4.30. The number of aryl methyl sites for hydroxylation is 1. The number of nitrogens with zero attached hydrogens (tertiary/aromatic N) is 2. The molecule has 0 unspecified atom stereocenters. The number of halogens is 1. The molecular weight excluding hydrogens is 434 g/mol. The van der Waals surface area contributed by atoms with Crippen LogP contribution in [0.1, 0.15) is 16.1 Å². The van der Waals surface area contributed by atoms with Gasteiger partial charge in [-0.2, -0.15) is 0 Å². The molecule has 0 bridgehead atoms. The zero-order valence-corrected chi connectivity index (χ0v) is 17.4. The number of pyridine rings is 1. The average molecular weight is 452 g/mol. The Morgan fingerprint density at radius 2 is 1.93 bits per heavy atom. The molecule has 0 saturated carbocycles. The summed E-state index contributed by atoms with van der Waals surface area (Å²) in [5, 5.41) is 5.82. The van der Waals surface area contributed by atoms with Gasteiger partial charge in [-0.15, -0.1) is 0 Å². The molecule has 0 spiro atoms. The molecule has 1 amide bonds. The lowest BCUT2D eigenvalue weighted by atomic mass is 10.2. The highest BCUT2D eigenvalue weighted by Gasteiger charge is 2.09. The molecular formula is C21H18BrN5O2. The maximum Gasteiger partial charge on any atom is 0.269 e. The molecule has 8 heteroatoms. The standard InChI is InChI=1S/C21H18BrN5O2/c1-12-9-13(3-5-16(12)22)25-21-26-17-6-4-14(10-18(17)27-21)29-15-7-8-24-19(11-15)20(28)23-2/h3-11H,1-2H3,(H,23,28)(H2,25,26,27). The first kappa shape index (κ1) is 18.9. The number of H-pyrrole nitrogens is 1. The summed E-state index contributed by atoms with van der Waals surface area (Å²) < 4.78 is 6.95. The van der Waals surface area contributed by atoms with Crippen LogP contribution >= 0.6 is 15.9 Å². The minimum absolute atomic E-state index is 0.265. The summed E-state index contributed by atoms with van der Waals surface area (Å²) >= 11 is 3.50. The summed E-state index contributed by atoms with van der Waals surface area (Å²) in [4.78, 5) is 23.6. The number of benzene rings is 2. The number of aromatic nitrogens is 3. The van der Waals surface area contributed by atoms with Crippen molar-refractivity contribution in [2.45, 2.75) is 6.92 Å². The van der Waals surface area contributed by atoms with Crippen LogP contribution in [0, 0.1) is 6.92 Å². The lowest BCUT2D eigenvalue weighted by Crippen LogP contribution is -2.18. The summed E-state index contributed by atoms with van der Waals surface area (Å²) in [5.41, 5.74) is 4.02. The highest BCUT2D eigenvalue weighted by atomic mass is 79.9. The molecule has 3 N–H and O–H groups in total. The molecule has 146 valence electrons. The van der Waals surface area contributed by atoms with Gasteiger partial charge in [-0.25, -0.2) is 4.98 Å². The van der Waals surface area contributed by atoms with Gasteiger partial charge in [0.15, 0.2) is 0 Å². The van der Waals surface area contributed by atoms with Crippen molar-refractivity contribution in [1.82, 2.24) is 20.3 Å². The Morgan fingerprint density at radius 3 is 2.72 bits per heavy atom. The Labute approximate surface area is 175 Å². The zero-order valence-electron chi connectivity index (χ0n) is 15.8. The average Bonchev–Trinajstić information content (AvgIpc) is 3.12. The first-order chi connectivity index (χ1) is 14.0. The number of ether oxygens (including phenoxy) is 1. The van der Waals surface area contributed by atoms with Gasteiger partial charge >= 0.3 is 0 Å². The van der Waals surface area contributed by atoms with Crippen molar-refractivity contribution in [2.75, 3.05) is 12.4 Å². The van der Waals surface area contributed by atoms with E-state index in [1.807, 2.05) is 43.3 Å². The minimum Gasteiger partial charge on any atom is -0.457 e. The van der Waals surface area contributed by atoms with Crippen LogP contribution in [-0.4, -0.2) is 27.9 Å². The van der Waals surface area contributed by atoms with E-state index < -0.39 is 0 Å². The third-order valence-corrected chi connectivity index (χ3v) is 5.19. The van der Waals surface area contributed by atoms with Gasteiger partial charge in [0.05, 0.1) is 11.0 Å². The van der Waals surface area contributed by atoms with Crippen LogP contribution in [0.4, 0.5) is 11.6 Å². The van der Waals surface area contributed by atoms with Gasteiger partial charge < -0.3 is 20.4 Å². The Hall–Kier alpha value is -3.39. The third kappa shape index (κ3) is 4.22. The molecule has 4 rings (SSSR count). The highest BCUT2D eigenvalue weighted by molar-refractivity contribution is 9.10. The first-order valence-corrected chi connectivity index (χ1v) is 9.70. The maximum absolute atomic E-state index is 11.7. The zero-order chi connectivity index (χ0) is 20.4. The second-order valence-corrected chi connectivity index (χ2v) is 7.27. The number of aromatic amines is 1. The fraction of sp³-hybridized carbons (Fsp3) is 0.0952. The van der Waals surface area contributed by atoms with Crippen molar-refractivity contribution in [2.24, 2.45) is 0 Å². The van der Waals surface area contributed by atoms with Crippen molar-refractivity contribution in [3.05, 3.63) is 70.5 Å².